The second kappa shape index (κ2) is 8.32. The van der Waals surface area contributed by atoms with Gasteiger partial charge >= 0.3 is 0 Å². The van der Waals surface area contributed by atoms with Crippen molar-refractivity contribution in [3.05, 3.63) is 70.5 Å². The smallest absolute Gasteiger partial charge is 0.269 e. The Balaban J connectivity index is 1.32. The Bertz CT molecular complexity index is 961. The second-order valence-electron chi connectivity index (χ2n) is 6.94. The van der Waals surface area contributed by atoms with Crippen LogP contribution >= 0.6 is 0 Å². The summed E-state index contributed by atoms with van der Waals surface area (Å²) in [6.45, 7) is 4.19. The number of hydrogen-bond acceptors (Lipinski definition) is 7. The van der Waals surface area contributed by atoms with Gasteiger partial charge in [-0.2, -0.15) is 0 Å². The van der Waals surface area contributed by atoms with Crippen molar-refractivity contribution in [3.63, 3.8) is 0 Å². The molecule has 3 aromatic rings. The van der Waals surface area contributed by atoms with Gasteiger partial charge in [0, 0.05) is 55.6 Å². The van der Waals surface area contributed by atoms with Crippen LogP contribution in [0.25, 0.3) is 11.3 Å². The van der Waals surface area contributed by atoms with E-state index in [0.717, 1.165) is 54.6 Å². The van der Waals surface area contributed by atoms with E-state index >= 15 is 0 Å². The Morgan fingerprint density at radius 1 is 1.07 bits per heavy atom. The summed E-state index contributed by atoms with van der Waals surface area (Å²) >= 11 is 0. The van der Waals surface area contributed by atoms with Gasteiger partial charge in [-0.3, -0.25) is 15.0 Å². The molecule has 0 bridgehead atoms. The lowest BCUT2D eigenvalue weighted by Gasteiger charge is -2.35. The van der Waals surface area contributed by atoms with Crippen molar-refractivity contribution in [2.24, 2.45) is 0 Å². The molecule has 0 amide bonds. The molecule has 1 aliphatic rings. The zero-order valence-corrected chi connectivity index (χ0v) is 16.2. The Hall–Kier alpha value is -3.39. The lowest BCUT2D eigenvalue weighted by atomic mass is 10.1. The first-order valence-corrected chi connectivity index (χ1v) is 9.44. The lowest BCUT2D eigenvalue weighted by molar-refractivity contribution is -0.384. The van der Waals surface area contributed by atoms with Crippen LogP contribution in [-0.2, 0) is 6.54 Å². The molecular weight excluding hydrogens is 372 g/mol. The summed E-state index contributed by atoms with van der Waals surface area (Å²) in [5, 5.41) is 15.0. The number of benzene rings is 2. The van der Waals surface area contributed by atoms with E-state index in [4.69, 9.17) is 9.26 Å². The zero-order valence-electron chi connectivity index (χ0n) is 16.2. The van der Waals surface area contributed by atoms with Crippen molar-refractivity contribution in [1.29, 1.82) is 0 Å². The van der Waals surface area contributed by atoms with Gasteiger partial charge < -0.3 is 14.2 Å². The van der Waals surface area contributed by atoms with E-state index < -0.39 is 0 Å². The third kappa shape index (κ3) is 4.38. The molecular formula is C21H22N4O4. The molecule has 0 atom stereocenters. The minimum Gasteiger partial charge on any atom is -0.497 e. The quantitative estimate of drug-likeness (QED) is 0.467. The maximum absolute atomic E-state index is 10.8. The number of nitro benzene ring substituents is 1. The molecule has 0 radical (unpaired) electrons. The van der Waals surface area contributed by atoms with Crippen LogP contribution in [-0.4, -0.2) is 48.3 Å². The van der Waals surface area contributed by atoms with Crippen LogP contribution in [0.15, 0.2) is 59.1 Å². The van der Waals surface area contributed by atoms with Gasteiger partial charge in [-0.15, -0.1) is 0 Å². The number of hydrogen-bond donors (Lipinski definition) is 0. The molecule has 2 heterocycles. The van der Waals surface area contributed by atoms with Crippen LogP contribution in [0.2, 0.25) is 0 Å². The first-order valence-electron chi connectivity index (χ1n) is 9.44. The highest BCUT2D eigenvalue weighted by Gasteiger charge is 2.19. The first kappa shape index (κ1) is 18.9. The minimum atomic E-state index is -0.376. The van der Waals surface area contributed by atoms with Crippen LogP contribution in [0, 0.1) is 10.1 Å². The van der Waals surface area contributed by atoms with Gasteiger partial charge in [0.25, 0.3) is 5.69 Å². The first-order chi connectivity index (χ1) is 14.1. The fourth-order valence-electron chi connectivity index (χ4n) is 3.46. The van der Waals surface area contributed by atoms with Crippen molar-refractivity contribution < 1.29 is 14.2 Å². The average Bonchev–Trinajstić information content (AvgIpc) is 3.23. The van der Waals surface area contributed by atoms with E-state index in [1.54, 1.807) is 19.2 Å². The van der Waals surface area contributed by atoms with Gasteiger partial charge in [0.2, 0.25) is 0 Å². The maximum atomic E-state index is 10.8. The molecule has 8 nitrogen and oxygen atoms in total. The molecule has 0 saturated carbocycles. The summed E-state index contributed by atoms with van der Waals surface area (Å²) in [7, 11) is 1.64. The van der Waals surface area contributed by atoms with Crippen molar-refractivity contribution in [1.82, 2.24) is 10.1 Å². The normalized spacial score (nSPS) is 14.7. The summed E-state index contributed by atoms with van der Waals surface area (Å²) in [6.07, 6.45) is 0. The number of ether oxygens (including phenoxy) is 1. The van der Waals surface area contributed by atoms with E-state index in [9.17, 15) is 10.1 Å². The van der Waals surface area contributed by atoms with Crippen molar-refractivity contribution >= 4 is 11.4 Å². The maximum Gasteiger partial charge on any atom is 0.269 e. The lowest BCUT2D eigenvalue weighted by Crippen LogP contribution is -2.45. The zero-order chi connectivity index (χ0) is 20.2. The van der Waals surface area contributed by atoms with Crippen molar-refractivity contribution in [2.75, 3.05) is 38.2 Å². The molecule has 0 unspecified atom stereocenters. The number of nitrogens with zero attached hydrogens (tertiary/aromatic N) is 4. The van der Waals surface area contributed by atoms with E-state index in [0.29, 0.717) is 6.54 Å². The third-order valence-corrected chi connectivity index (χ3v) is 5.12. The Kier molecular flexibility index (Phi) is 5.44. The van der Waals surface area contributed by atoms with E-state index in [1.807, 2.05) is 42.5 Å². The summed E-state index contributed by atoms with van der Waals surface area (Å²) < 4.78 is 10.7. The largest absolute Gasteiger partial charge is 0.497 e. The van der Waals surface area contributed by atoms with E-state index in [-0.39, 0.29) is 10.6 Å². The van der Waals surface area contributed by atoms with E-state index in [2.05, 4.69) is 15.0 Å². The third-order valence-electron chi connectivity index (χ3n) is 5.12. The number of nitro groups is 1. The number of non-ortho nitro benzene ring substituents is 1. The van der Waals surface area contributed by atoms with Crippen LogP contribution in [0.4, 0.5) is 11.4 Å². The summed E-state index contributed by atoms with van der Waals surface area (Å²) in [6, 6.07) is 16.4. The molecule has 1 saturated heterocycles. The summed E-state index contributed by atoms with van der Waals surface area (Å²) in [4.78, 5) is 15.0. The van der Waals surface area contributed by atoms with Crippen LogP contribution in [0.5, 0.6) is 5.75 Å². The van der Waals surface area contributed by atoms with Crippen LogP contribution in [0.1, 0.15) is 5.76 Å². The van der Waals surface area contributed by atoms with Crippen LogP contribution < -0.4 is 9.64 Å². The molecule has 1 aliphatic heterocycles. The number of piperazine rings is 1. The highest BCUT2D eigenvalue weighted by molar-refractivity contribution is 5.59. The Labute approximate surface area is 168 Å². The van der Waals surface area contributed by atoms with Gasteiger partial charge in [-0.1, -0.05) is 5.16 Å². The van der Waals surface area contributed by atoms with Gasteiger partial charge in [0.1, 0.15) is 11.4 Å². The predicted molar refractivity (Wildman–Crippen MR) is 109 cm³/mol. The molecule has 4 rings (SSSR count). The van der Waals surface area contributed by atoms with Gasteiger partial charge in [0.15, 0.2) is 5.76 Å². The van der Waals surface area contributed by atoms with Crippen molar-refractivity contribution in [2.45, 2.75) is 6.54 Å². The SMILES string of the molecule is COc1ccc(-c2cc(CN3CCN(c4ccc([N+](=O)[O-])cc4)CC3)on2)cc1. The van der Waals surface area contributed by atoms with Gasteiger partial charge in [-0.05, 0) is 36.4 Å². The molecule has 1 aromatic heterocycles. The fourth-order valence-corrected chi connectivity index (χ4v) is 3.46. The highest BCUT2D eigenvalue weighted by atomic mass is 16.6. The molecule has 0 aliphatic carbocycles. The number of anilines is 1. The standard InChI is InChI=1S/C21H22N4O4/c1-28-19-8-2-16(3-9-19)21-14-20(29-22-21)15-23-10-12-24(13-11-23)17-4-6-18(7-5-17)25(26)27/h2-9,14H,10-13,15H2,1H3. The Morgan fingerprint density at radius 3 is 2.38 bits per heavy atom. The minimum absolute atomic E-state index is 0.116. The highest BCUT2D eigenvalue weighted by Crippen LogP contribution is 2.24. The summed E-state index contributed by atoms with van der Waals surface area (Å²) in [5.74, 6) is 1.64. The molecule has 29 heavy (non-hydrogen) atoms. The topological polar surface area (TPSA) is 84.9 Å². The summed E-state index contributed by atoms with van der Waals surface area (Å²) in [5.41, 5.74) is 2.93. The van der Waals surface area contributed by atoms with Crippen LogP contribution in [0.3, 0.4) is 0 Å². The van der Waals surface area contributed by atoms with E-state index in [1.165, 1.54) is 0 Å². The number of rotatable bonds is 6. The second-order valence-corrected chi connectivity index (χ2v) is 6.94. The van der Waals surface area contributed by atoms with Crippen molar-refractivity contribution in [3.8, 4) is 17.0 Å². The number of aromatic nitrogens is 1. The molecule has 1 fully saturated rings. The predicted octanol–water partition coefficient (Wildman–Crippen LogP) is 3.58. The molecule has 0 N–H and O–H groups in total. The average molecular weight is 394 g/mol. The fraction of sp³-hybridized carbons (Fsp3) is 0.286. The molecule has 0 spiro atoms. The van der Waals surface area contributed by atoms with Gasteiger partial charge in [0.05, 0.1) is 18.6 Å². The molecule has 8 heteroatoms. The monoisotopic (exact) mass is 394 g/mol. The molecule has 2 aromatic carbocycles. The van der Waals surface area contributed by atoms with Gasteiger partial charge in [-0.25, -0.2) is 0 Å². The Morgan fingerprint density at radius 2 is 1.76 bits per heavy atom. The molecule has 150 valence electrons. The number of methoxy groups -OCH3 is 1.